The summed E-state index contributed by atoms with van der Waals surface area (Å²) in [5.41, 5.74) is 1.69. The van der Waals surface area contributed by atoms with Crippen molar-refractivity contribution in [3.63, 3.8) is 0 Å². The molecule has 2 aliphatic rings. The predicted octanol–water partition coefficient (Wildman–Crippen LogP) is 3.32. The first-order valence-corrected chi connectivity index (χ1v) is 12.5. The molecule has 6 rings (SSSR count). The first-order valence-electron chi connectivity index (χ1n) is 10.6. The molecule has 0 spiro atoms. The Morgan fingerprint density at radius 2 is 1.94 bits per heavy atom. The third-order valence-electron chi connectivity index (χ3n) is 6.31. The van der Waals surface area contributed by atoms with Crippen LogP contribution in [0.5, 0.6) is 0 Å². The van der Waals surface area contributed by atoms with Crippen LogP contribution in [0.3, 0.4) is 0 Å². The largest absolute Gasteiger partial charge is 0.452 e. The van der Waals surface area contributed by atoms with Gasteiger partial charge >= 0.3 is 0 Å². The Balaban J connectivity index is 1.39. The number of fused-ring (bicyclic) bond motifs is 2. The molecule has 4 heterocycles. The average Bonchev–Trinajstić information content (AvgIpc) is 3.25. The van der Waals surface area contributed by atoms with Crippen LogP contribution < -0.4 is 0 Å². The second-order valence-electron chi connectivity index (χ2n) is 8.41. The Bertz CT molecular complexity index is 1570. The molecule has 0 aliphatic carbocycles. The van der Waals surface area contributed by atoms with E-state index in [4.69, 9.17) is 9.15 Å². The molecule has 4 aromatic rings. The van der Waals surface area contributed by atoms with Gasteiger partial charge in [-0.05, 0) is 36.4 Å². The molecular weight excluding hydrogens is 461 g/mol. The summed E-state index contributed by atoms with van der Waals surface area (Å²) in [6.07, 6.45) is 2.51. The average molecular weight is 479 g/mol. The molecule has 0 N–H and O–H groups in total. The van der Waals surface area contributed by atoms with Crippen LogP contribution in [-0.4, -0.2) is 60.7 Å². The highest BCUT2D eigenvalue weighted by atomic mass is 32.2. The molecule has 2 fully saturated rings. The molecule has 8 nitrogen and oxygen atoms in total. The van der Waals surface area contributed by atoms with Crippen molar-refractivity contribution in [1.82, 2.24) is 14.9 Å². The highest BCUT2D eigenvalue weighted by molar-refractivity contribution is 7.90. The van der Waals surface area contributed by atoms with Gasteiger partial charge in [-0.15, -0.1) is 0 Å². The lowest BCUT2D eigenvalue weighted by molar-refractivity contribution is -0.195. The number of furan rings is 1. The van der Waals surface area contributed by atoms with Crippen molar-refractivity contribution in [2.45, 2.75) is 17.0 Å². The van der Waals surface area contributed by atoms with Gasteiger partial charge in [0.25, 0.3) is 5.91 Å². The van der Waals surface area contributed by atoms with Gasteiger partial charge in [-0.1, -0.05) is 6.07 Å². The number of rotatable bonds is 4. The lowest BCUT2D eigenvalue weighted by Crippen LogP contribution is -2.71. The first-order chi connectivity index (χ1) is 16.3. The Morgan fingerprint density at radius 1 is 1.15 bits per heavy atom. The summed E-state index contributed by atoms with van der Waals surface area (Å²) >= 11 is 0. The van der Waals surface area contributed by atoms with Crippen LogP contribution in [-0.2, 0) is 14.6 Å². The Labute approximate surface area is 193 Å². The molecule has 0 saturated carbocycles. The maximum atomic E-state index is 15.5. The Kier molecular flexibility index (Phi) is 4.58. The SMILES string of the molecule is CS(=O)(=O)c1ccc(-c2cc3ncnc(-c4cccc(C(=O)N5CC6OCC65)c4F)c3o2)cc1. The number of amides is 1. The number of carbonyl (C=O) groups excluding carboxylic acids is 1. The number of carbonyl (C=O) groups is 1. The minimum absolute atomic E-state index is 0.0167. The fourth-order valence-electron chi connectivity index (χ4n) is 4.30. The van der Waals surface area contributed by atoms with Gasteiger partial charge in [-0.3, -0.25) is 4.79 Å². The molecule has 0 bridgehead atoms. The van der Waals surface area contributed by atoms with E-state index in [1.54, 1.807) is 35.2 Å². The third-order valence-corrected chi connectivity index (χ3v) is 7.44. The maximum absolute atomic E-state index is 15.5. The number of benzene rings is 2. The zero-order valence-corrected chi connectivity index (χ0v) is 18.8. The van der Waals surface area contributed by atoms with Crippen LogP contribution in [0.2, 0.25) is 0 Å². The zero-order valence-electron chi connectivity index (χ0n) is 17.9. The lowest BCUT2D eigenvalue weighted by atomic mass is 9.93. The van der Waals surface area contributed by atoms with Crippen molar-refractivity contribution in [3.8, 4) is 22.6 Å². The Morgan fingerprint density at radius 3 is 2.59 bits per heavy atom. The molecule has 2 aromatic heterocycles. The van der Waals surface area contributed by atoms with Crippen molar-refractivity contribution in [3.05, 3.63) is 66.2 Å². The lowest BCUT2D eigenvalue weighted by Gasteiger charge is -2.54. The number of halogens is 1. The number of sulfone groups is 1. The Hall–Kier alpha value is -3.63. The third kappa shape index (κ3) is 3.21. The summed E-state index contributed by atoms with van der Waals surface area (Å²) in [6.45, 7) is 0.940. The van der Waals surface area contributed by atoms with E-state index in [-0.39, 0.29) is 45.4 Å². The van der Waals surface area contributed by atoms with E-state index in [2.05, 4.69) is 9.97 Å². The number of hydrogen-bond donors (Lipinski definition) is 0. The highest BCUT2D eigenvalue weighted by Crippen LogP contribution is 2.36. The van der Waals surface area contributed by atoms with Gasteiger partial charge in [0.15, 0.2) is 15.4 Å². The van der Waals surface area contributed by atoms with Gasteiger partial charge in [-0.25, -0.2) is 22.8 Å². The van der Waals surface area contributed by atoms with Crippen molar-refractivity contribution < 1.29 is 26.8 Å². The van der Waals surface area contributed by atoms with Gasteiger partial charge in [0.05, 0.1) is 29.2 Å². The van der Waals surface area contributed by atoms with Crippen molar-refractivity contribution in [1.29, 1.82) is 0 Å². The number of ether oxygens (including phenoxy) is 1. The van der Waals surface area contributed by atoms with Crippen LogP contribution in [0, 0.1) is 5.82 Å². The quantitative estimate of drug-likeness (QED) is 0.442. The fourth-order valence-corrected chi connectivity index (χ4v) is 4.93. The molecule has 34 heavy (non-hydrogen) atoms. The number of hydrogen-bond acceptors (Lipinski definition) is 7. The smallest absolute Gasteiger partial charge is 0.257 e. The molecule has 10 heteroatoms. The van der Waals surface area contributed by atoms with Gasteiger partial charge < -0.3 is 14.1 Å². The van der Waals surface area contributed by atoms with Crippen molar-refractivity contribution >= 4 is 26.8 Å². The molecule has 0 radical (unpaired) electrons. The molecule has 2 saturated heterocycles. The predicted molar refractivity (Wildman–Crippen MR) is 120 cm³/mol. The highest BCUT2D eigenvalue weighted by Gasteiger charge is 2.50. The first kappa shape index (κ1) is 20.9. The van der Waals surface area contributed by atoms with Crippen molar-refractivity contribution in [2.24, 2.45) is 0 Å². The van der Waals surface area contributed by atoms with E-state index in [1.165, 1.54) is 24.5 Å². The fraction of sp³-hybridized carbons (Fsp3) is 0.208. The van der Waals surface area contributed by atoms with Gasteiger partial charge in [-0.2, -0.15) is 0 Å². The van der Waals surface area contributed by atoms with Crippen LogP contribution in [0.15, 0.2) is 64.2 Å². The molecule has 1 amide bonds. The standard InChI is InChI=1S/C24H18FN3O5S/c1-34(30,31)14-7-5-13(6-8-14)19-9-17-23(33-19)22(27-12-26-17)15-3-2-4-16(21(15)25)24(29)28-10-20-18(28)11-32-20/h2-9,12,18,20H,10-11H2,1H3. The minimum Gasteiger partial charge on any atom is -0.452 e. The van der Waals surface area contributed by atoms with E-state index in [0.29, 0.717) is 30.0 Å². The second-order valence-corrected chi connectivity index (χ2v) is 10.4. The summed E-state index contributed by atoms with van der Waals surface area (Å²) in [5.74, 6) is -0.618. The molecule has 2 atom stereocenters. The number of nitrogens with zero attached hydrogens (tertiary/aromatic N) is 3. The van der Waals surface area contributed by atoms with Crippen LogP contribution in [0.1, 0.15) is 10.4 Å². The molecule has 2 aromatic carbocycles. The minimum atomic E-state index is -3.32. The van der Waals surface area contributed by atoms with Crippen LogP contribution in [0.4, 0.5) is 4.39 Å². The molecule has 2 aliphatic heterocycles. The van der Waals surface area contributed by atoms with Gasteiger partial charge in [0, 0.05) is 30.0 Å². The second kappa shape index (κ2) is 7.44. The summed E-state index contributed by atoms with van der Waals surface area (Å²) in [7, 11) is -3.32. The van der Waals surface area contributed by atoms with E-state index < -0.39 is 15.7 Å². The number of aromatic nitrogens is 2. The summed E-state index contributed by atoms with van der Waals surface area (Å²) in [5, 5.41) is 0. The number of likely N-dealkylation sites (tertiary alicyclic amines) is 1. The molecule has 172 valence electrons. The summed E-state index contributed by atoms with van der Waals surface area (Å²) in [6, 6.07) is 12.6. The number of morpholine rings is 1. The maximum Gasteiger partial charge on any atom is 0.257 e. The molecule has 2 unspecified atom stereocenters. The van der Waals surface area contributed by atoms with E-state index in [1.807, 2.05) is 0 Å². The van der Waals surface area contributed by atoms with Crippen LogP contribution >= 0.6 is 0 Å². The van der Waals surface area contributed by atoms with Crippen LogP contribution in [0.25, 0.3) is 33.7 Å². The summed E-state index contributed by atoms with van der Waals surface area (Å²) in [4.78, 5) is 23.2. The van der Waals surface area contributed by atoms with E-state index in [9.17, 15) is 13.2 Å². The van der Waals surface area contributed by atoms with E-state index >= 15 is 4.39 Å². The summed E-state index contributed by atoms with van der Waals surface area (Å²) < 4.78 is 50.3. The molecular formula is C24H18FN3O5S. The normalized spacial score (nSPS) is 19.4. The topological polar surface area (TPSA) is 103 Å². The van der Waals surface area contributed by atoms with Gasteiger partial charge in [0.2, 0.25) is 0 Å². The van der Waals surface area contributed by atoms with Crippen molar-refractivity contribution in [2.75, 3.05) is 19.4 Å². The van der Waals surface area contributed by atoms with E-state index in [0.717, 1.165) is 6.26 Å². The zero-order chi connectivity index (χ0) is 23.6. The van der Waals surface area contributed by atoms with Gasteiger partial charge in [0.1, 0.15) is 29.1 Å². The monoisotopic (exact) mass is 479 g/mol.